The number of nitrogens with one attached hydrogen (secondary N) is 1. The fourth-order valence-electron chi connectivity index (χ4n) is 1.33. The predicted molar refractivity (Wildman–Crippen MR) is 65.1 cm³/mol. The van der Waals surface area contributed by atoms with Gasteiger partial charge in [0.1, 0.15) is 12.0 Å². The largest absolute Gasteiger partial charge is 0.494 e. The van der Waals surface area contributed by atoms with Crippen molar-refractivity contribution in [1.82, 2.24) is 5.32 Å². The molecular formula is C13H19NO2. The molecule has 0 heterocycles. The van der Waals surface area contributed by atoms with Crippen LogP contribution in [0.5, 0.6) is 5.75 Å². The zero-order valence-corrected chi connectivity index (χ0v) is 9.74. The van der Waals surface area contributed by atoms with Gasteiger partial charge in [0.2, 0.25) is 0 Å². The molecule has 0 aliphatic rings. The maximum atomic E-state index is 10.4. The number of carbonyl (C=O) groups is 1. The average molecular weight is 221 g/mol. The van der Waals surface area contributed by atoms with E-state index >= 15 is 0 Å². The van der Waals surface area contributed by atoms with E-state index in [0.717, 1.165) is 38.0 Å². The first-order chi connectivity index (χ1) is 7.86. The molecule has 0 amide bonds. The van der Waals surface area contributed by atoms with E-state index in [1.54, 1.807) is 12.1 Å². The number of benzene rings is 1. The lowest BCUT2D eigenvalue weighted by molar-refractivity contribution is 0.112. The molecule has 3 heteroatoms. The molecule has 0 unspecified atom stereocenters. The fourth-order valence-corrected chi connectivity index (χ4v) is 1.33. The zero-order valence-electron chi connectivity index (χ0n) is 9.74. The third-order valence-corrected chi connectivity index (χ3v) is 2.21. The van der Waals surface area contributed by atoms with Gasteiger partial charge in [0.25, 0.3) is 0 Å². The highest BCUT2D eigenvalue weighted by molar-refractivity contribution is 5.74. The second kappa shape index (κ2) is 7.88. The van der Waals surface area contributed by atoms with E-state index in [4.69, 9.17) is 4.74 Å². The number of rotatable bonds is 8. The fraction of sp³-hybridized carbons (Fsp3) is 0.462. The van der Waals surface area contributed by atoms with Gasteiger partial charge in [0, 0.05) is 5.56 Å². The van der Waals surface area contributed by atoms with Gasteiger partial charge in [-0.3, -0.25) is 4.79 Å². The summed E-state index contributed by atoms with van der Waals surface area (Å²) in [6.45, 7) is 4.91. The van der Waals surface area contributed by atoms with Crippen molar-refractivity contribution in [3.05, 3.63) is 29.8 Å². The minimum atomic E-state index is 0.678. The Kier molecular flexibility index (Phi) is 6.26. The standard InChI is InChI=1S/C13H19NO2/c1-2-8-14-9-3-10-16-13-6-4-12(11-15)5-7-13/h4-7,11,14H,2-3,8-10H2,1H3. The summed E-state index contributed by atoms with van der Waals surface area (Å²) in [5.74, 6) is 0.820. The van der Waals surface area contributed by atoms with Crippen LogP contribution in [0, 0.1) is 0 Å². The minimum absolute atomic E-state index is 0.678. The lowest BCUT2D eigenvalue weighted by Crippen LogP contribution is -2.18. The van der Waals surface area contributed by atoms with Crippen molar-refractivity contribution in [1.29, 1.82) is 0 Å². The second-order valence-electron chi connectivity index (χ2n) is 3.64. The van der Waals surface area contributed by atoms with Crippen LogP contribution in [0.25, 0.3) is 0 Å². The molecule has 0 bridgehead atoms. The smallest absolute Gasteiger partial charge is 0.150 e. The molecular weight excluding hydrogens is 202 g/mol. The summed E-state index contributed by atoms with van der Waals surface area (Å²) in [7, 11) is 0. The van der Waals surface area contributed by atoms with Crippen LogP contribution in [0.3, 0.4) is 0 Å². The Morgan fingerprint density at radius 1 is 1.25 bits per heavy atom. The lowest BCUT2D eigenvalue weighted by atomic mass is 10.2. The Hall–Kier alpha value is -1.35. The Balaban J connectivity index is 2.14. The first-order valence-electron chi connectivity index (χ1n) is 5.75. The van der Waals surface area contributed by atoms with Crippen LogP contribution in [0.4, 0.5) is 0 Å². The third-order valence-electron chi connectivity index (χ3n) is 2.21. The molecule has 0 aliphatic heterocycles. The molecule has 1 aromatic rings. The van der Waals surface area contributed by atoms with Crippen LogP contribution in [-0.2, 0) is 0 Å². The number of hydrogen-bond acceptors (Lipinski definition) is 3. The normalized spacial score (nSPS) is 10.1. The van der Waals surface area contributed by atoms with Gasteiger partial charge >= 0.3 is 0 Å². The van der Waals surface area contributed by atoms with E-state index in [2.05, 4.69) is 12.2 Å². The molecule has 0 radical (unpaired) electrons. The SMILES string of the molecule is CCCNCCCOc1ccc(C=O)cc1. The maximum absolute atomic E-state index is 10.4. The van der Waals surface area contributed by atoms with Crippen LogP contribution >= 0.6 is 0 Å². The Labute approximate surface area is 96.8 Å². The zero-order chi connectivity index (χ0) is 11.6. The summed E-state index contributed by atoms with van der Waals surface area (Å²) in [6, 6.07) is 7.17. The van der Waals surface area contributed by atoms with E-state index in [-0.39, 0.29) is 0 Å². The lowest BCUT2D eigenvalue weighted by Gasteiger charge is -2.06. The van der Waals surface area contributed by atoms with Crippen molar-refractivity contribution in [2.24, 2.45) is 0 Å². The Morgan fingerprint density at radius 2 is 2.00 bits per heavy atom. The van der Waals surface area contributed by atoms with Crippen LogP contribution in [0.2, 0.25) is 0 Å². The molecule has 1 rings (SSSR count). The van der Waals surface area contributed by atoms with E-state index < -0.39 is 0 Å². The van der Waals surface area contributed by atoms with Gasteiger partial charge < -0.3 is 10.1 Å². The van der Waals surface area contributed by atoms with Gasteiger partial charge in [-0.2, -0.15) is 0 Å². The summed E-state index contributed by atoms with van der Waals surface area (Å²) in [5, 5.41) is 3.31. The van der Waals surface area contributed by atoms with E-state index in [1.807, 2.05) is 12.1 Å². The third kappa shape index (κ3) is 4.94. The van der Waals surface area contributed by atoms with Crippen LogP contribution in [0.15, 0.2) is 24.3 Å². The molecule has 0 atom stereocenters. The molecule has 3 nitrogen and oxygen atoms in total. The predicted octanol–water partition coefficient (Wildman–Crippen LogP) is 2.27. The highest BCUT2D eigenvalue weighted by Crippen LogP contribution is 2.10. The second-order valence-corrected chi connectivity index (χ2v) is 3.64. The maximum Gasteiger partial charge on any atom is 0.150 e. The number of hydrogen-bond donors (Lipinski definition) is 1. The van der Waals surface area contributed by atoms with Gasteiger partial charge in [-0.05, 0) is 50.2 Å². The molecule has 0 fully saturated rings. The molecule has 0 saturated heterocycles. The first kappa shape index (κ1) is 12.7. The summed E-state index contributed by atoms with van der Waals surface area (Å²) in [4.78, 5) is 10.4. The van der Waals surface area contributed by atoms with Crippen LogP contribution in [0.1, 0.15) is 30.1 Å². The van der Waals surface area contributed by atoms with Crippen molar-refractivity contribution < 1.29 is 9.53 Å². The molecule has 0 saturated carbocycles. The quantitative estimate of drug-likeness (QED) is 0.540. The van der Waals surface area contributed by atoms with Crippen LogP contribution in [-0.4, -0.2) is 26.0 Å². The molecule has 16 heavy (non-hydrogen) atoms. The minimum Gasteiger partial charge on any atom is -0.494 e. The first-order valence-corrected chi connectivity index (χ1v) is 5.75. The van der Waals surface area contributed by atoms with E-state index in [9.17, 15) is 4.79 Å². The summed E-state index contributed by atoms with van der Waals surface area (Å²) in [6.07, 6.45) is 2.99. The molecule has 1 N–H and O–H groups in total. The van der Waals surface area contributed by atoms with Gasteiger partial charge in [0.05, 0.1) is 6.61 Å². The number of ether oxygens (including phenoxy) is 1. The summed E-state index contributed by atoms with van der Waals surface area (Å²) in [5.41, 5.74) is 0.678. The number of aldehydes is 1. The number of carbonyl (C=O) groups excluding carboxylic acids is 1. The van der Waals surface area contributed by atoms with Gasteiger partial charge in [-0.15, -0.1) is 0 Å². The average Bonchev–Trinajstić information content (AvgIpc) is 2.34. The Morgan fingerprint density at radius 3 is 2.62 bits per heavy atom. The molecule has 0 aliphatic carbocycles. The highest BCUT2D eigenvalue weighted by Gasteiger charge is 1.94. The summed E-state index contributed by atoms with van der Waals surface area (Å²) < 4.78 is 5.53. The van der Waals surface area contributed by atoms with E-state index in [0.29, 0.717) is 12.2 Å². The monoisotopic (exact) mass is 221 g/mol. The van der Waals surface area contributed by atoms with Crippen molar-refractivity contribution >= 4 is 6.29 Å². The van der Waals surface area contributed by atoms with Crippen molar-refractivity contribution in [2.45, 2.75) is 19.8 Å². The highest BCUT2D eigenvalue weighted by atomic mass is 16.5. The van der Waals surface area contributed by atoms with E-state index in [1.165, 1.54) is 0 Å². The molecule has 0 aromatic heterocycles. The van der Waals surface area contributed by atoms with Crippen molar-refractivity contribution in [2.75, 3.05) is 19.7 Å². The molecule has 1 aromatic carbocycles. The molecule has 88 valence electrons. The molecule has 0 spiro atoms. The van der Waals surface area contributed by atoms with Gasteiger partial charge in [0.15, 0.2) is 0 Å². The topological polar surface area (TPSA) is 38.3 Å². The van der Waals surface area contributed by atoms with Crippen molar-refractivity contribution in [3.8, 4) is 5.75 Å². The van der Waals surface area contributed by atoms with Gasteiger partial charge in [-0.25, -0.2) is 0 Å². The van der Waals surface area contributed by atoms with Gasteiger partial charge in [-0.1, -0.05) is 6.92 Å². The Bertz CT molecular complexity index is 295. The van der Waals surface area contributed by atoms with Crippen LogP contribution < -0.4 is 10.1 Å². The van der Waals surface area contributed by atoms with Crippen molar-refractivity contribution in [3.63, 3.8) is 0 Å². The summed E-state index contributed by atoms with van der Waals surface area (Å²) >= 11 is 0.